The van der Waals surface area contributed by atoms with Crippen LogP contribution in [0.2, 0.25) is 0 Å². The van der Waals surface area contributed by atoms with Crippen LogP contribution in [0.25, 0.3) is 0 Å². The van der Waals surface area contributed by atoms with Crippen LogP contribution in [0.1, 0.15) is 58.2 Å². The normalized spacial score (nSPS) is 12.4. The number of aromatic nitrogens is 1. The van der Waals surface area contributed by atoms with E-state index in [0.29, 0.717) is 33.3 Å². The number of anilines is 1. The van der Waals surface area contributed by atoms with Gasteiger partial charge < -0.3 is 5.11 Å². The van der Waals surface area contributed by atoms with Crippen LogP contribution >= 0.6 is 11.8 Å². The molecule has 0 radical (unpaired) electrons. The summed E-state index contributed by atoms with van der Waals surface area (Å²) >= 11 is 0.688. The average Bonchev–Trinajstić information content (AvgIpc) is 2.74. The first-order valence-electron chi connectivity index (χ1n) is 10.8. The molecule has 2 aromatic carbocycles. The molecule has 0 unspecified atom stereocenters. The van der Waals surface area contributed by atoms with E-state index in [0.717, 1.165) is 0 Å². The number of aromatic hydroxyl groups is 1. The molecule has 1 aromatic heterocycles. The molecule has 0 saturated heterocycles. The Morgan fingerprint density at radius 2 is 1.51 bits per heavy atom. The van der Waals surface area contributed by atoms with Gasteiger partial charge in [-0.3, -0.25) is 5.43 Å². The Morgan fingerprint density at radius 3 is 2.06 bits per heavy atom. The monoisotopic (exact) mass is 505 g/mol. The molecule has 0 aliphatic heterocycles. The third-order valence-electron chi connectivity index (χ3n) is 5.15. The summed E-state index contributed by atoms with van der Waals surface area (Å²) in [5, 5.41) is 14.6. The van der Waals surface area contributed by atoms with Crippen molar-refractivity contribution in [3.63, 3.8) is 0 Å². The van der Waals surface area contributed by atoms with Crippen molar-refractivity contribution < 1.29 is 22.7 Å². The molecular weight excluding hydrogens is 478 g/mol. The molecule has 4 nitrogen and oxygen atoms in total. The zero-order valence-electron chi connectivity index (χ0n) is 20.3. The number of hydrogen-bond acceptors (Lipinski definition) is 5. The van der Waals surface area contributed by atoms with E-state index in [1.165, 1.54) is 24.4 Å². The van der Waals surface area contributed by atoms with Crippen molar-refractivity contribution in [2.45, 2.75) is 62.2 Å². The Hall–Kier alpha value is -3.07. The Morgan fingerprint density at radius 1 is 0.914 bits per heavy atom. The summed E-state index contributed by atoms with van der Waals surface area (Å²) in [6.45, 7) is 11.5. The molecule has 1 heterocycles. The maximum Gasteiger partial charge on any atom is 0.252 e. The van der Waals surface area contributed by atoms with E-state index in [1.54, 1.807) is 18.2 Å². The molecule has 9 heteroatoms. The quantitative estimate of drug-likeness (QED) is 0.163. The second-order valence-electron chi connectivity index (χ2n) is 10.1. The van der Waals surface area contributed by atoms with Crippen molar-refractivity contribution in [3.8, 4) is 5.75 Å². The minimum Gasteiger partial charge on any atom is -0.507 e. The number of benzene rings is 2. The first-order chi connectivity index (χ1) is 16.2. The van der Waals surface area contributed by atoms with Crippen LogP contribution in [0.15, 0.2) is 51.3 Å². The predicted octanol–water partition coefficient (Wildman–Crippen LogP) is 7.54. The Bertz CT molecular complexity index is 1250. The lowest BCUT2D eigenvalue weighted by atomic mass is 9.79. The van der Waals surface area contributed by atoms with Gasteiger partial charge in [-0.15, -0.1) is 0 Å². The first kappa shape index (κ1) is 26.5. The first-order valence-corrected chi connectivity index (χ1v) is 11.6. The van der Waals surface area contributed by atoms with Crippen molar-refractivity contribution in [3.05, 3.63) is 76.5 Å². The minimum absolute atomic E-state index is 0.116. The fourth-order valence-corrected chi connectivity index (χ4v) is 4.29. The Labute approximate surface area is 206 Å². The van der Waals surface area contributed by atoms with E-state index in [-0.39, 0.29) is 5.75 Å². The number of rotatable bonds is 5. The van der Waals surface area contributed by atoms with Gasteiger partial charge >= 0.3 is 0 Å². The van der Waals surface area contributed by atoms with Gasteiger partial charge in [-0.1, -0.05) is 65.4 Å². The highest BCUT2D eigenvalue weighted by molar-refractivity contribution is 7.99. The lowest BCUT2D eigenvalue weighted by Gasteiger charge is -2.28. The SMILES string of the molecule is CC(C)(C)c1cc(Sc2c(F)c(F)nc(N/N=C/c3cccc(F)c3)c2F)cc(C(C)(C)C)c1O. The molecule has 0 atom stereocenters. The number of phenols is 1. The van der Waals surface area contributed by atoms with Gasteiger partial charge in [0.25, 0.3) is 5.95 Å². The molecule has 0 spiro atoms. The Kier molecular flexibility index (Phi) is 7.50. The summed E-state index contributed by atoms with van der Waals surface area (Å²) in [6.07, 6.45) is 1.20. The number of phenolic OH excluding ortho intramolecular Hbond substituents is 1. The second-order valence-corrected chi connectivity index (χ2v) is 11.2. The van der Waals surface area contributed by atoms with Gasteiger partial charge in [0.15, 0.2) is 17.5 Å². The number of halogens is 4. The molecule has 0 fully saturated rings. The smallest absolute Gasteiger partial charge is 0.252 e. The van der Waals surface area contributed by atoms with Crippen LogP contribution in [0.4, 0.5) is 23.4 Å². The van der Waals surface area contributed by atoms with Crippen molar-refractivity contribution >= 4 is 23.8 Å². The van der Waals surface area contributed by atoms with E-state index >= 15 is 4.39 Å². The highest BCUT2D eigenvalue weighted by Gasteiger charge is 2.28. The molecule has 0 bridgehead atoms. The molecule has 3 aromatic rings. The molecule has 0 saturated carbocycles. The van der Waals surface area contributed by atoms with Gasteiger partial charge in [0.1, 0.15) is 11.6 Å². The third kappa shape index (κ3) is 6.14. The molecular formula is C26H27F4N3OS. The van der Waals surface area contributed by atoms with Crippen molar-refractivity contribution in [2.75, 3.05) is 5.43 Å². The third-order valence-corrected chi connectivity index (χ3v) is 6.18. The average molecular weight is 506 g/mol. The van der Waals surface area contributed by atoms with E-state index in [1.807, 2.05) is 41.5 Å². The zero-order chi connectivity index (χ0) is 26.1. The van der Waals surface area contributed by atoms with Crippen LogP contribution in [0.5, 0.6) is 5.75 Å². The molecule has 0 aliphatic carbocycles. The minimum atomic E-state index is -1.50. The Balaban J connectivity index is 2.02. The van der Waals surface area contributed by atoms with Crippen molar-refractivity contribution in [2.24, 2.45) is 5.10 Å². The molecule has 0 amide bonds. The standard InChI is InChI=1S/C26H27F4N3OS/c1-25(2,3)17-11-16(12-18(21(17)34)26(4,5)6)35-22-19(28)23(30)32-24(20(22)29)33-31-13-14-8-7-9-15(27)10-14/h7-13,34H,1-6H3,(H,32,33)/b31-13+. The summed E-state index contributed by atoms with van der Waals surface area (Å²) in [5.74, 6) is -5.05. The van der Waals surface area contributed by atoms with Crippen LogP contribution in [-0.4, -0.2) is 16.3 Å². The predicted molar refractivity (Wildman–Crippen MR) is 131 cm³/mol. The van der Waals surface area contributed by atoms with Gasteiger partial charge in [-0.05, 0) is 40.7 Å². The number of hydrazone groups is 1. The fraction of sp³-hybridized carbons (Fsp3) is 0.308. The van der Waals surface area contributed by atoms with Gasteiger partial charge in [-0.25, -0.2) is 13.2 Å². The molecule has 35 heavy (non-hydrogen) atoms. The summed E-state index contributed by atoms with van der Waals surface area (Å²) < 4.78 is 57.4. The second kappa shape index (κ2) is 9.89. The molecule has 186 valence electrons. The number of nitrogens with one attached hydrogen (secondary N) is 1. The summed E-state index contributed by atoms with van der Waals surface area (Å²) in [4.78, 5) is 3.10. The lowest BCUT2D eigenvalue weighted by Crippen LogP contribution is -2.17. The van der Waals surface area contributed by atoms with E-state index in [4.69, 9.17) is 0 Å². The van der Waals surface area contributed by atoms with E-state index < -0.39 is 44.9 Å². The summed E-state index contributed by atoms with van der Waals surface area (Å²) in [7, 11) is 0. The maximum atomic E-state index is 15.2. The molecule has 0 aliphatic rings. The lowest BCUT2D eigenvalue weighted by molar-refractivity contribution is 0.422. The summed E-state index contributed by atoms with van der Waals surface area (Å²) in [5.41, 5.74) is 2.91. The van der Waals surface area contributed by atoms with Crippen LogP contribution in [0.3, 0.4) is 0 Å². The van der Waals surface area contributed by atoms with Crippen molar-refractivity contribution in [1.82, 2.24) is 4.98 Å². The van der Waals surface area contributed by atoms with Gasteiger partial charge in [-0.2, -0.15) is 14.5 Å². The highest BCUT2D eigenvalue weighted by atomic mass is 32.2. The highest BCUT2D eigenvalue weighted by Crippen LogP contribution is 2.44. The van der Waals surface area contributed by atoms with Crippen LogP contribution in [-0.2, 0) is 10.8 Å². The maximum absolute atomic E-state index is 15.2. The number of hydrogen-bond donors (Lipinski definition) is 2. The topological polar surface area (TPSA) is 57.5 Å². The van der Waals surface area contributed by atoms with Crippen LogP contribution in [0, 0.1) is 23.4 Å². The number of pyridine rings is 1. The zero-order valence-corrected chi connectivity index (χ0v) is 21.1. The molecule has 3 rings (SSSR count). The van der Waals surface area contributed by atoms with Gasteiger partial charge in [0.05, 0.1) is 11.1 Å². The van der Waals surface area contributed by atoms with Crippen LogP contribution < -0.4 is 5.43 Å². The number of nitrogens with zero attached hydrogens (tertiary/aromatic N) is 2. The van der Waals surface area contributed by atoms with Gasteiger partial charge in [0.2, 0.25) is 0 Å². The fourth-order valence-electron chi connectivity index (χ4n) is 3.34. The van der Waals surface area contributed by atoms with E-state index in [9.17, 15) is 18.3 Å². The molecule has 2 N–H and O–H groups in total. The summed E-state index contributed by atoms with van der Waals surface area (Å²) in [6, 6.07) is 8.77. The van der Waals surface area contributed by atoms with E-state index in [2.05, 4.69) is 15.5 Å². The van der Waals surface area contributed by atoms with Gasteiger partial charge in [0, 0.05) is 16.0 Å². The van der Waals surface area contributed by atoms with Crippen molar-refractivity contribution in [1.29, 1.82) is 0 Å². The largest absolute Gasteiger partial charge is 0.507 e.